The summed E-state index contributed by atoms with van der Waals surface area (Å²) < 4.78 is 5.19. The molecule has 0 heterocycles. The van der Waals surface area contributed by atoms with Crippen molar-refractivity contribution >= 4 is 29.9 Å². The number of aliphatic imine (C=N–C) groups is 1. The van der Waals surface area contributed by atoms with Gasteiger partial charge in [-0.1, -0.05) is 38.1 Å². The lowest BCUT2D eigenvalue weighted by Gasteiger charge is -2.21. The van der Waals surface area contributed by atoms with E-state index in [1.54, 1.807) is 7.11 Å². The van der Waals surface area contributed by atoms with Crippen molar-refractivity contribution in [2.75, 3.05) is 33.8 Å². The van der Waals surface area contributed by atoms with Gasteiger partial charge in [-0.25, -0.2) is 0 Å². The Morgan fingerprint density at radius 1 is 1.23 bits per heavy atom. The summed E-state index contributed by atoms with van der Waals surface area (Å²) in [5.74, 6) is 0.854. The van der Waals surface area contributed by atoms with Gasteiger partial charge in [0.25, 0.3) is 0 Å². The molecule has 0 aliphatic rings. The molecular formula is C20H37IN4O. The number of benzene rings is 1. The molecule has 0 amide bonds. The molecule has 0 radical (unpaired) electrons. The molecule has 1 aromatic rings. The maximum absolute atomic E-state index is 5.19. The predicted octanol–water partition coefficient (Wildman–Crippen LogP) is 3.63. The minimum atomic E-state index is 0. The minimum Gasteiger partial charge on any atom is -0.380 e. The van der Waals surface area contributed by atoms with E-state index in [1.807, 2.05) is 7.05 Å². The zero-order valence-electron chi connectivity index (χ0n) is 17.0. The molecule has 0 fully saturated rings. The molecule has 1 aromatic carbocycles. The van der Waals surface area contributed by atoms with Gasteiger partial charge in [-0.15, -0.1) is 24.0 Å². The van der Waals surface area contributed by atoms with E-state index >= 15 is 0 Å². The Balaban J connectivity index is 0.00000625. The first-order valence-electron chi connectivity index (χ1n) is 9.39. The first-order valence-corrected chi connectivity index (χ1v) is 9.39. The summed E-state index contributed by atoms with van der Waals surface area (Å²) in [6.07, 6.45) is 2.34. The molecule has 1 unspecified atom stereocenters. The van der Waals surface area contributed by atoms with Gasteiger partial charge in [0.2, 0.25) is 0 Å². The predicted molar refractivity (Wildman–Crippen MR) is 122 cm³/mol. The maximum Gasteiger partial charge on any atom is 0.191 e. The van der Waals surface area contributed by atoms with Crippen molar-refractivity contribution in [1.82, 2.24) is 15.5 Å². The fourth-order valence-electron chi connectivity index (χ4n) is 2.84. The Labute approximate surface area is 177 Å². The molecule has 0 aromatic heterocycles. The normalized spacial score (nSPS) is 12.6. The van der Waals surface area contributed by atoms with Crippen LogP contribution in [0.5, 0.6) is 0 Å². The van der Waals surface area contributed by atoms with E-state index in [9.17, 15) is 0 Å². The van der Waals surface area contributed by atoms with E-state index in [4.69, 9.17) is 4.74 Å². The van der Waals surface area contributed by atoms with Crippen LogP contribution in [0.1, 0.15) is 44.7 Å². The van der Waals surface area contributed by atoms with Crippen LogP contribution in [0.25, 0.3) is 0 Å². The van der Waals surface area contributed by atoms with Gasteiger partial charge in [-0.2, -0.15) is 0 Å². The molecule has 1 rings (SSSR count). The lowest BCUT2D eigenvalue weighted by molar-refractivity contribution is 0.185. The molecule has 2 N–H and O–H groups in total. The van der Waals surface area contributed by atoms with Crippen LogP contribution < -0.4 is 10.6 Å². The van der Waals surface area contributed by atoms with Crippen LogP contribution in [0, 0.1) is 0 Å². The van der Waals surface area contributed by atoms with Crippen molar-refractivity contribution in [2.24, 2.45) is 4.99 Å². The molecule has 0 aliphatic heterocycles. The number of nitrogens with zero attached hydrogens (tertiary/aromatic N) is 2. The van der Waals surface area contributed by atoms with Gasteiger partial charge >= 0.3 is 0 Å². The Morgan fingerprint density at radius 2 is 1.92 bits per heavy atom. The zero-order valence-corrected chi connectivity index (χ0v) is 19.4. The van der Waals surface area contributed by atoms with Crippen molar-refractivity contribution < 1.29 is 4.74 Å². The summed E-state index contributed by atoms with van der Waals surface area (Å²) in [5, 5.41) is 6.88. The van der Waals surface area contributed by atoms with Crippen molar-refractivity contribution in [2.45, 2.75) is 52.8 Å². The quantitative estimate of drug-likeness (QED) is 0.291. The standard InChI is InChI=1S/C20H36N4O.HI/c1-6-24(7-2)13-9-10-17(3)23-20(21-4)22-15-18-11-8-12-19(14-18)16-25-5;/h8,11-12,14,17H,6-7,9-10,13,15-16H2,1-5H3,(H2,21,22,23);1H. The van der Waals surface area contributed by atoms with Crippen LogP contribution in [0.4, 0.5) is 0 Å². The van der Waals surface area contributed by atoms with Crippen molar-refractivity contribution in [3.05, 3.63) is 35.4 Å². The minimum absolute atomic E-state index is 0. The first-order chi connectivity index (χ1) is 12.1. The van der Waals surface area contributed by atoms with Crippen LogP contribution in [0.3, 0.4) is 0 Å². The van der Waals surface area contributed by atoms with Gasteiger partial charge in [0.1, 0.15) is 0 Å². The van der Waals surface area contributed by atoms with E-state index in [0.29, 0.717) is 12.6 Å². The molecule has 150 valence electrons. The molecule has 0 aliphatic carbocycles. The average Bonchev–Trinajstić information content (AvgIpc) is 2.63. The highest BCUT2D eigenvalue weighted by molar-refractivity contribution is 14.0. The van der Waals surface area contributed by atoms with Gasteiger partial charge in [0, 0.05) is 26.7 Å². The van der Waals surface area contributed by atoms with E-state index in [2.05, 4.69) is 65.6 Å². The second kappa shape index (κ2) is 15.2. The summed E-state index contributed by atoms with van der Waals surface area (Å²) >= 11 is 0. The summed E-state index contributed by atoms with van der Waals surface area (Å²) in [6.45, 7) is 11.5. The molecule has 1 atom stereocenters. The highest BCUT2D eigenvalue weighted by atomic mass is 127. The van der Waals surface area contributed by atoms with Crippen LogP contribution in [0.2, 0.25) is 0 Å². The second-order valence-electron chi connectivity index (χ2n) is 6.39. The molecule has 6 heteroatoms. The Kier molecular flexibility index (Phi) is 14.7. The third-order valence-electron chi connectivity index (χ3n) is 4.37. The van der Waals surface area contributed by atoms with Crippen molar-refractivity contribution in [1.29, 1.82) is 0 Å². The van der Waals surface area contributed by atoms with Crippen molar-refractivity contribution in [3.63, 3.8) is 0 Å². The smallest absolute Gasteiger partial charge is 0.191 e. The summed E-state index contributed by atoms with van der Waals surface area (Å²) in [4.78, 5) is 6.80. The van der Waals surface area contributed by atoms with Crippen LogP contribution >= 0.6 is 24.0 Å². The molecule has 0 saturated carbocycles. The molecule has 0 saturated heterocycles. The Bertz CT molecular complexity index is 506. The van der Waals surface area contributed by atoms with E-state index in [0.717, 1.165) is 38.6 Å². The van der Waals surface area contributed by atoms with Crippen LogP contribution in [-0.2, 0) is 17.9 Å². The molecular weight excluding hydrogens is 439 g/mol. The lowest BCUT2D eigenvalue weighted by Crippen LogP contribution is -2.42. The van der Waals surface area contributed by atoms with Crippen LogP contribution in [-0.4, -0.2) is 50.7 Å². The highest BCUT2D eigenvalue weighted by Crippen LogP contribution is 2.06. The second-order valence-corrected chi connectivity index (χ2v) is 6.39. The summed E-state index contributed by atoms with van der Waals surface area (Å²) in [5.41, 5.74) is 2.42. The van der Waals surface area contributed by atoms with Gasteiger partial charge in [0.05, 0.1) is 6.61 Å². The number of hydrogen-bond donors (Lipinski definition) is 2. The number of methoxy groups -OCH3 is 1. The van der Waals surface area contributed by atoms with Gasteiger partial charge in [-0.3, -0.25) is 4.99 Å². The lowest BCUT2D eigenvalue weighted by atomic mass is 10.1. The van der Waals surface area contributed by atoms with Gasteiger partial charge < -0.3 is 20.3 Å². The third-order valence-corrected chi connectivity index (χ3v) is 4.37. The monoisotopic (exact) mass is 476 g/mol. The fraction of sp³-hybridized carbons (Fsp3) is 0.650. The first kappa shape index (κ1) is 25.1. The number of hydrogen-bond acceptors (Lipinski definition) is 3. The summed E-state index contributed by atoms with van der Waals surface area (Å²) in [6, 6.07) is 8.83. The molecule has 26 heavy (non-hydrogen) atoms. The zero-order chi connectivity index (χ0) is 18.5. The van der Waals surface area contributed by atoms with Crippen molar-refractivity contribution in [3.8, 4) is 0 Å². The third kappa shape index (κ3) is 10.3. The van der Waals surface area contributed by atoms with E-state index < -0.39 is 0 Å². The average molecular weight is 476 g/mol. The van der Waals surface area contributed by atoms with Gasteiger partial charge in [0.15, 0.2) is 5.96 Å². The Hall–Kier alpha value is -0.860. The fourth-order valence-corrected chi connectivity index (χ4v) is 2.84. The molecule has 5 nitrogen and oxygen atoms in total. The molecule has 0 spiro atoms. The maximum atomic E-state index is 5.19. The number of rotatable bonds is 11. The van der Waals surface area contributed by atoms with E-state index in [-0.39, 0.29) is 24.0 Å². The van der Waals surface area contributed by atoms with E-state index in [1.165, 1.54) is 17.5 Å². The Morgan fingerprint density at radius 3 is 2.54 bits per heavy atom. The highest BCUT2D eigenvalue weighted by Gasteiger charge is 2.07. The van der Waals surface area contributed by atoms with Crippen LogP contribution in [0.15, 0.2) is 29.3 Å². The largest absolute Gasteiger partial charge is 0.380 e. The topological polar surface area (TPSA) is 48.9 Å². The summed E-state index contributed by atoms with van der Waals surface area (Å²) in [7, 11) is 3.54. The SMILES string of the molecule is CCN(CC)CCCC(C)NC(=NC)NCc1cccc(COC)c1.I. The van der Waals surface area contributed by atoms with Gasteiger partial charge in [-0.05, 0) is 50.5 Å². The molecule has 0 bridgehead atoms. The number of halogens is 1. The number of nitrogens with one attached hydrogen (secondary N) is 2. The number of ether oxygens (including phenoxy) is 1. The number of guanidine groups is 1.